The van der Waals surface area contributed by atoms with E-state index < -0.39 is 0 Å². The van der Waals surface area contributed by atoms with Crippen molar-refractivity contribution in [1.82, 2.24) is 14.3 Å². The summed E-state index contributed by atoms with van der Waals surface area (Å²) in [7, 11) is 0. The molecule has 1 saturated heterocycles. The number of pyridine rings is 1. The van der Waals surface area contributed by atoms with Crippen LogP contribution < -0.4 is 5.56 Å². The van der Waals surface area contributed by atoms with Crippen LogP contribution in [0.1, 0.15) is 24.1 Å². The van der Waals surface area contributed by atoms with Gasteiger partial charge < -0.3 is 0 Å². The molecule has 0 N–H and O–H groups in total. The Kier molecular flexibility index (Phi) is 6.36. The van der Waals surface area contributed by atoms with Gasteiger partial charge in [-0.3, -0.25) is 18.9 Å². The number of hydrogen-bond donors (Lipinski definition) is 0. The number of hydrogen-bond acceptors (Lipinski definition) is 6. The molecule has 168 valence electrons. The van der Waals surface area contributed by atoms with Gasteiger partial charge in [-0.15, -0.1) is 0 Å². The minimum Gasteiger partial charge on any atom is -0.286 e. The van der Waals surface area contributed by atoms with E-state index in [1.807, 2.05) is 73.7 Å². The fourth-order valence-electron chi connectivity index (χ4n) is 3.71. The Morgan fingerprint density at radius 2 is 1.65 bits per heavy atom. The lowest BCUT2D eigenvalue weighted by molar-refractivity contribution is -0.123. The molecule has 8 heteroatoms. The van der Waals surface area contributed by atoms with E-state index in [0.717, 1.165) is 10.5 Å². The van der Waals surface area contributed by atoms with E-state index in [0.29, 0.717) is 25.5 Å². The van der Waals surface area contributed by atoms with Gasteiger partial charge in [0, 0.05) is 11.1 Å². The third kappa shape index (κ3) is 4.32. The summed E-state index contributed by atoms with van der Waals surface area (Å²) in [6, 6.07) is 24.7. The first-order valence-electron chi connectivity index (χ1n) is 10.6. The Bertz CT molecular complexity index is 1480. The first-order valence-corrected chi connectivity index (χ1v) is 12.6. The molecule has 2 aromatic carbocycles. The average molecular weight is 502 g/mol. The minimum atomic E-state index is -0.231. The molecular weight excluding hydrogens is 483 g/mol. The van der Waals surface area contributed by atoms with Crippen molar-refractivity contribution >= 4 is 57.7 Å². The van der Waals surface area contributed by atoms with Gasteiger partial charge in [-0.05, 0) is 42.8 Å². The van der Waals surface area contributed by atoms with Crippen LogP contribution in [0.4, 0.5) is 0 Å². The highest BCUT2D eigenvalue weighted by atomic mass is 32.2. The predicted octanol–water partition coefficient (Wildman–Crippen LogP) is 5.81. The van der Waals surface area contributed by atoms with Crippen molar-refractivity contribution in [2.75, 3.05) is 0 Å². The number of nitrogens with zero attached hydrogens (tertiary/aromatic N) is 3. The summed E-state index contributed by atoms with van der Waals surface area (Å²) in [5.74, 6) is -0.209. The highest BCUT2D eigenvalue weighted by Crippen LogP contribution is 2.39. The second kappa shape index (κ2) is 9.58. The molecule has 1 amide bonds. The Balaban J connectivity index is 1.58. The van der Waals surface area contributed by atoms with Crippen molar-refractivity contribution in [2.24, 2.45) is 0 Å². The maximum Gasteiger partial charge on any atom is 0.266 e. The molecule has 3 heterocycles. The molecule has 0 spiro atoms. The van der Waals surface area contributed by atoms with Crippen LogP contribution in [0.25, 0.3) is 11.7 Å². The average Bonchev–Trinajstić information content (AvgIpc) is 3.14. The van der Waals surface area contributed by atoms with E-state index in [2.05, 4.69) is 0 Å². The minimum absolute atomic E-state index is 0.209. The lowest BCUT2D eigenvalue weighted by Crippen LogP contribution is -2.31. The van der Waals surface area contributed by atoms with Crippen LogP contribution in [0.15, 0.2) is 105 Å². The van der Waals surface area contributed by atoms with E-state index >= 15 is 0 Å². The van der Waals surface area contributed by atoms with Crippen molar-refractivity contribution in [3.63, 3.8) is 0 Å². The summed E-state index contributed by atoms with van der Waals surface area (Å²) in [5.41, 5.74) is 1.68. The molecule has 1 atom stereocenters. The van der Waals surface area contributed by atoms with E-state index in [-0.39, 0.29) is 17.5 Å². The molecule has 0 radical (unpaired) electrons. The zero-order chi connectivity index (χ0) is 23.7. The number of carbonyl (C=O) groups is 1. The van der Waals surface area contributed by atoms with E-state index in [4.69, 9.17) is 17.2 Å². The molecule has 1 aliphatic rings. The van der Waals surface area contributed by atoms with Crippen LogP contribution in [-0.2, 0) is 4.79 Å². The predicted molar refractivity (Wildman–Crippen MR) is 142 cm³/mol. The molecule has 0 bridgehead atoms. The molecule has 0 unspecified atom stereocenters. The number of rotatable bonds is 5. The molecule has 4 aromatic rings. The van der Waals surface area contributed by atoms with Gasteiger partial charge in [0.05, 0.1) is 16.5 Å². The zero-order valence-corrected chi connectivity index (χ0v) is 20.6. The largest absolute Gasteiger partial charge is 0.286 e. The lowest BCUT2D eigenvalue weighted by Gasteiger charge is -2.23. The maximum absolute atomic E-state index is 13.5. The number of aromatic nitrogens is 2. The molecule has 1 aliphatic heterocycles. The maximum atomic E-state index is 13.5. The number of amides is 1. The first-order chi connectivity index (χ1) is 16.5. The second-order valence-corrected chi connectivity index (χ2v) is 10.4. The third-order valence-electron chi connectivity index (χ3n) is 5.46. The van der Waals surface area contributed by atoms with E-state index in [1.165, 1.54) is 27.9 Å². The summed E-state index contributed by atoms with van der Waals surface area (Å²) in [6.45, 7) is 1.95. The van der Waals surface area contributed by atoms with Gasteiger partial charge in [0.1, 0.15) is 15.0 Å². The van der Waals surface area contributed by atoms with Gasteiger partial charge in [-0.25, -0.2) is 4.98 Å². The lowest BCUT2D eigenvalue weighted by atomic mass is 10.1. The summed E-state index contributed by atoms with van der Waals surface area (Å²) in [6.07, 6.45) is 3.32. The van der Waals surface area contributed by atoms with Gasteiger partial charge in [0.15, 0.2) is 0 Å². The van der Waals surface area contributed by atoms with E-state index in [1.54, 1.807) is 29.3 Å². The smallest absolute Gasteiger partial charge is 0.266 e. The number of thiocarbonyl (C=S) groups is 1. The fraction of sp³-hybridized carbons (Fsp3) is 0.0769. The quantitative estimate of drug-likeness (QED) is 0.195. The third-order valence-corrected chi connectivity index (χ3v) is 7.80. The second-order valence-electron chi connectivity index (χ2n) is 7.62. The normalized spacial score (nSPS) is 15.9. The van der Waals surface area contributed by atoms with Crippen molar-refractivity contribution in [3.05, 3.63) is 111 Å². The van der Waals surface area contributed by atoms with Crippen LogP contribution in [0.2, 0.25) is 0 Å². The van der Waals surface area contributed by atoms with Gasteiger partial charge in [0.25, 0.3) is 11.5 Å². The highest BCUT2D eigenvalue weighted by molar-refractivity contribution is 8.26. The van der Waals surface area contributed by atoms with Gasteiger partial charge >= 0.3 is 0 Å². The zero-order valence-electron chi connectivity index (χ0n) is 18.1. The molecule has 0 saturated carbocycles. The molecule has 5 nitrogen and oxygen atoms in total. The molecule has 34 heavy (non-hydrogen) atoms. The molecule has 2 aromatic heterocycles. The van der Waals surface area contributed by atoms with Crippen molar-refractivity contribution < 1.29 is 4.79 Å². The molecule has 1 fully saturated rings. The van der Waals surface area contributed by atoms with Gasteiger partial charge in [0.2, 0.25) is 0 Å². The number of thioether (sulfide) groups is 1. The SMILES string of the molecule is C[C@H](c1ccccc1)N1C(=O)/C(=C/c2c(Sc3ccccc3)nc3ccccn3c2=O)SC1=S. The monoisotopic (exact) mass is 501 g/mol. The van der Waals surface area contributed by atoms with Crippen LogP contribution in [-0.4, -0.2) is 24.5 Å². The van der Waals surface area contributed by atoms with E-state index in [9.17, 15) is 9.59 Å². The summed E-state index contributed by atoms with van der Waals surface area (Å²) in [4.78, 5) is 34.6. The molecule has 5 rings (SSSR count). The van der Waals surface area contributed by atoms with Crippen LogP contribution in [0.5, 0.6) is 0 Å². The Morgan fingerprint density at radius 1 is 0.971 bits per heavy atom. The summed E-state index contributed by atoms with van der Waals surface area (Å²) >= 11 is 8.17. The van der Waals surface area contributed by atoms with Gasteiger partial charge in [-0.2, -0.15) is 0 Å². The fourth-order valence-corrected chi connectivity index (χ4v) is 6.02. The van der Waals surface area contributed by atoms with Crippen LogP contribution in [0, 0.1) is 0 Å². The molecule has 0 aliphatic carbocycles. The molecular formula is C26H19N3O2S3. The van der Waals surface area contributed by atoms with Crippen LogP contribution in [0.3, 0.4) is 0 Å². The summed E-state index contributed by atoms with van der Waals surface area (Å²) in [5, 5.41) is 0.545. The van der Waals surface area contributed by atoms with Crippen molar-refractivity contribution in [3.8, 4) is 0 Å². The number of carbonyl (C=O) groups excluding carboxylic acids is 1. The standard InChI is InChI=1S/C26H19N3O2S3/c1-17(18-10-4-2-5-11-18)29-25(31)21(34-26(29)32)16-20-23(33-19-12-6-3-7-13-19)27-22-14-8-9-15-28(22)24(20)30/h2-17H,1H3/b21-16-/t17-/m1/s1. The Hall–Kier alpha value is -3.20. The highest BCUT2D eigenvalue weighted by Gasteiger charge is 2.36. The van der Waals surface area contributed by atoms with Crippen molar-refractivity contribution in [2.45, 2.75) is 22.9 Å². The summed E-state index contributed by atoms with van der Waals surface area (Å²) < 4.78 is 1.97. The van der Waals surface area contributed by atoms with Crippen molar-refractivity contribution in [1.29, 1.82) is 0 Å². The first kappa shape index (κ1) is 22.6. The Morgan fingerprint density at radius 3 is 2.38 bits per heavy atom. The number of benzene rings is 2. The van der Waals surface area contributed by atoms with Crippen LogP contribution >= 0.6 is 35.7 Å². The van der Waals surface area contributed by atoms with Gasteiger partial charge in [-0.1, -0.05) is 90.3 Å². The topological polar surface area (TPSA) is 54.7 Å². The number of fused-ring (bicyclic) bond motifs is 1. The Labute approximate surface area is 210 Å².